The largest absolute Gasteiger partial charge is 0.496 e. The van der Waals surface area contributed by atoms with Crippen molar-refractivity contribution in [1.82, 2.24) is 4.90 Å². The van der Waals surface area contributed by atoms with Crippen molar-refractivity contribution < 1.29 is 4.74 Å². The number of nitrogens with zero attached hydrogens (tertiary/aromatic N) is 1. The lowest BCUT2D eigenvalue weighted by Gasteiger charge is -2.17. The van der Waals surface area contributed by atoms with E-state index in [1.165, 1.54) is 10.4 Å². The minimum Gasteiger partial charge on any atom is -0.496 e. The zero-order valence-electron chi connectivity index (χ0n) is 10.5. The van der Waals surface area contributed by atoms with Crippen LogP contribution in [0, 0.1) is 0 Å². The van der Waals surface area contributed by atoms with Crippen molar-refractivity contribution in [3.8, 4) is 5.75 Å². The van der Waals surface area contributed by atoms with Crippen LogP contribution in [0.3, 0.4) is 0 Å². The van der Waals surface area contributed by atoms with Gasteiger partial charge in [0, 0.05) is 33.4 Å². The van der Waals surface area contributed by atoms with Crippen molar-refractivity contribution in [3.63, 3.8) is 0 Å². The number of thiophene rings is 1. The number of hydrogen-bond acceptors (Lipinski definition) is 3. The lowest BCUT2D eigenvalue weighted by atomic mass is 10.2. The first-order valence-electron chi connectivity index (χ1n) is 5.72. The van der Waals surface area contributed by atoms with Crippen LogP contribution in [0.4, 0.5) is 0 Å². The Morgan fingerprint density at radius 2 is 2.06 bits per heavy atom. The van der Waals surface area contributed by atoms with Crippen LogP contribution in [0.5, 0.6) is 5.75 Å². The lowest BCUT2D eigenvalue weighted by Crippen LogP contribution is -2.17. The van der Waals surface area contributed by atoms with E-state index >= 15 is 0 Å². The highest BCUT2D eigenvalue weighted by molar-refractivity contribution is 9.10. The summed E-state index contributed by atoms with van der Waals surface area (Å²) >= 11 is 5.26. The summed E-state index contributed by atoms with van der Waals surface area (Å²) in [6.45, 7) is 1.84. The molecule has 0 aliphatic heterocycles. The number of rotatable bonds is 5. The first-order valence-corrected chi connectivity index (χ1v) is 7.39. The number of hydrogen-bond donors (Lipinski definition) is 0. The molecule has 1 aromatic carbocycles. The molecule has 0 bridgehead atoms. The standard InChI is InChI=1S/C14H16BrNOS/c1-16(9-13-7-12(15)10-18-13)8-11-5-3-4-6-14(11)17-2/h3-7,10H,8-9H2,1-2H3. The Bertz CT molecular complexity index is 512. The molecule has 2 rings (SSSR count). The monoisotopic (exact) mass is 325 g/mol. The predicted molar refractivity (Wildman–Crippen MR) is 80.2 cm³/mol. The number of para-hydroxylation sites is 1. The summed E-state index contributed by atoms with van der Waals surface area (Å²) in [5, 5.41) is 2.12. The van der Waals surface area contributed by atoms with Crippen LogP contribution in [0.25, 0.3) is 0 Å². The molecule has 0 amide bonds. The zero-order chi connectivity index (χ0) is 13.0. The Kier molecular flexibility index (Phi) is 4.80. The van der Waals surface area contributed by atoms with Gasteiger partial charge in [0.05, 0.1) is 7.11 Å². The summed E-state index contributed by atoms with van der Waals surface area (Å²) in [6, 6.07) is 10.3. The van der Waals surface area contributed by atoms with Gasteiger partial charge < -0.3 is 4.74 Å². The summed E-state index contributed by atoms with van der Waals surface area (Å²) in [6.07, 6.45) is 0. The van der Waals surface area contributed by atoms with Crippen LogP contribution in [-0.4, -0.2) is 19.1 Å². The maximum Gasteiger partial charge on any atom is 0.123 e. The van der Waals surface area contributed by atoms with Crippen molar-refractivity contribution >= 4 is 27.3 Å². The molecule has 1 aromatic heterocycles. The van der Waals surface area contributed by atoms with Gasteiger partial charge >= 0.3 is 0 Å². The number of benzene rings is 1. The van der Waals surface area contributed by atoms with Crippen molar-refractivity contribution in [2.45, 2.75) is 13.1 Å². The second-order valence-corrected chi connectivity index (χ2v) is 6.13. The molecule has 0 radical (unpaired) electrons. The number of ether oxygens (including phenoxy) is 1. The van der Waals surface area contributed by atoms with E-state index in [9.17, 15) is 0 Å². The summed E-state index contributed by atoms with van der Waals surface area (Å²) in [7, 11) is 3.84. The van der Waals surface area contributed by atoms with Crippen LogP contribution < -0.4 is 4.74 Å². The topological polar surface area (TPSA) is 12.5 Å². The molecule has 0 N–H and O–H groups in total. The molecule has 0 unspecified atom stereocenters. The smallest absolute Gasteiger partial charge is 0.123 e. The van der Waals surface area contributed by atoms with Gasteiger partial charge in [0.1, 0.15) is 5.75 Å². The molecular formula is C14H16BrNOS. The molecule has 0 fully saturated rings. The highest BCUT2D eigenvalue weighted by Gasteiger charge is 2.07. The molecule has 0 saturated heterocycles. The van der Waals surface area contributed by atoms with Crippen molar-refractivity contribution in [1.29, 1.82) is 0 Å². The second-order valence-electron chi connectivity index (χ2n) is 4.22. The Hall–Kier alpha value is -0.840. The Balaban J connectivity index is 2.00. The number of methoxy groups -OCH3 is 1. The summed E-state index contributed by atoms with van der Waals surface area (Å²) in [5.41, 5.74) is 1.22. The predicted octanol–water partition coefficient (Wildman–Crippen LogP) is 4.15. The first kappa shape index (κ1) is 13.6. The van der Waals surface area contributed by atoms with Gasteiger partial charge in [0.25, 0.3) is 0 Å². The summed E-state index contributed by atoms with van der Waals surface area (Å²) < 4.78 is 6.53. The maximum absolute atomic E-state index is 5.37. The lowest BCUT2D eigenvalue weighted by molar-refractivity contribution is 0.312. The third kappa shape index (κ3) is 3.57. The minimum atomic E-state index is 0.888. The molecule has 18 heavy (non-hydrogen) atoms. The van der Waals surface area contributed by atoms with E-state index in [0.29, 0.717) is 0 Å². The van der Waals surface area contributed by atoms with Gasteiger partial charge in [-0.2, -0.15) is 0 Å². The van der Waals surface area contributed by atoms with Gasteiger partial charge in [-0.1, -0.05) is 18.2 Å². The van der Waals surface area contributed by atoms with E-state index in [1.807, 2.05) is 18.2 Å². The molecule has 2 nitrogen and oxygen atoms in total. The highest BCUT2D eigenvalue weighted by atomic mass is 79.9. The van der Waals surface area contributed by atoms with Gasteiger partial charge in [-0.05, 0) is 35.1 Å². The van der Waals surface area contributed by atoms with Crippen molar-refractivity contribution in [2.75, 3.05) is 14.2 Å². The molecule has 0 atom stereocenters. The van der Waals surface area contributed by atoms with Crippen LogP contribution in [0.15, 0.2) is 40.2 Å². The van der Waals surface area contributed by atoms with E-state index in [4.69, 9.17) is 4.74 Å². The normalized spacial score (nSPS) is 10.9. The fraction of sp³-hybridized carbons (Fsp3) is 0.286. The van der Waals surface area contributed by atoms with E-state index in [2.05, 4.69) is 45.4 Å². The zero-order valence-corrected chi connectivity index (χ0v) is 12.9. The average Bonchev–Trinajstić information content (AvgIpc) is 2.75. The van der Waals surface area contributed by atoms with Crippen molar-refractivity contribution in [3.05, 3.63) is 50.6 Å². The van der Waals surface area contributed by atoms with Crippen LogP contribution in [0.2, 0.25) is 0 Å². The molecule has 1 heterocycles. The number of halogens is 1. The first-order chi connectivity index (χ1) is 8.69. The van der Waals surface area contributed by atoms with Crippen LogP contribution in [0.1, 0.15) is 10.4 Å². The quantitative estimate of drug-likeness (QED) is 0.818. The molecule has 0 saturated carbocycles. The molecule has 0 aliphatic carbocycles. The fourth-order valence-corrected chi connectivity index (χ4v) is 3.41. The van der Waals surface area contributed by atoms with E-state index < -0.39 is 0 Å². The van der Waals surface area contributed by atoms with Gasteiger partial charge in [-0.15, -0.1) is 11.3 Å². The summed E-state index contributed by atoms with van der Waals surface area (Å²) in [4.78, 5) is 3.65. The van der Waals surface area contributed by atoms with Crippen LogP contribution in [-0.2, 0) is 13.1 Å². The Labute approximate surface area is 120 Å². The third-order valence-corrected chi connectivity index (χ3v) is 4.36. The van der Waals surface area contributed by atoms with E-state index in [0.717, 1.165) is 23.3 Å². The van der Waals surface area contributed by atoms with Gasteiger partial charge in [-0.25, -0.2) is 0 Å². The molecule has 0 spiro atoms. The van der Waals surface area contributed by atoms with Crippen molar-refractivity contribution in [2.24, 2.45) is 0 Å². The molecule has 2 aromatic rings. The second kappa shape index (κ2) is 6.36. The fourth-order valence-electron chi connectivity index (χ4n) is 1.88. The summed E-state index contributed by atoms with van der Waals surface area (Å²) in [5.74, 6) is 0.955. The van der Waals surface area contributed by atoms with E-state index in [1.54, 1.807) is 18.4 Å². The molecular weight excluding hydrogens is 310 g/mol. The van der Waals surface area contributed by atoms with E-state index in [-0.39, 0.29) is 0 Å². The average molecular weight is 326 g/mol. The Morgan fingerprint density at radius 1 is 1.28 bits per heavy atom. The van der Waals surface area contributed by atoms with Crippen LogP contribution >= 0.6 is 27.3 Å². The molecule has 0 aliphatic rings. The Morgan fingerprint density at radius 3 is 2.72 bits per heavy atom. The van der Waals surface area contributed by atoms with Gasteiger partial charge in [-0.3, -0.25) is 4.90 Å². The molecule has 4 heteroatoms. The SMILES string of the molecule is COc1ccccc1CN(C)Cc1cc(Br)cs1. The highest BCUT2D eigenvalue weighted by Crippen LogP contribution is 2.23. The van der Waals surface area contributed by atoms with Gasteiger partial charge in [0.2, 0.25) is 0 Å². The third-order valence-electron chi connectivity index (χ3n) is 2.68. The maximum atomic E-state index is 5.37. The minimum absolute atomic E-state index is 0.888. The van der Waals surface area contributed by atoms with Gasteiger partial charge in [0.15, 0.2) is 0 Å². The molecule has 96 valence electrons.